The summed E-state index contributed by atoms with van der Waals surface area (Å²) in [5, 5.41) is 11.3. The van der Waals surface area contributed by atoms with Gasteiger partial charge in [-0.1, -0.05) is 0 Å². The van der Waals surface area contributed by atoms with Crippen molar-refractivity contribution in [3.8, 4) is 0 Å². The predicted octanol–water partition coefficient (Wildman–Crippen LogP) is 2.19. The first-order valence-corrected chi connectivity index (χ1v) is 10.4. The highest BCUT2D eigenvalue weighted by Crippen LogP contribution is 2.40. The number of hydrogen-bond donors (Lipinski definition) is 2. The molecule has 2 aromatic heterocycles. The van der Waals surface area contributed by atoms with Crippen LogP contribution in [0, 0.1) is 13.8 Å². The normalized spacial score (nSPS) is 17.9. The summed E-state index contributed by atoms with van der Waals surface area (Å²) < 4.78 is 5.07. The standard InChI is InChI=1S/C23H28N4O5/c1-6-32-23(31)18-13(2)16(14(3)25-18)20(28)17-19(15-7-9-24-10-8-15)27(12-11-26(4)5)22(30)21(17)29/h7-10,19,25,28H,6,11-12H2,1-5H3. The van der Waals surface area contributed by atoms with Gasteiger partial charge in [0.1, 0.15) is 11.5 Å². The number of aromatic amines is 1. The van der Waals surface area contributed by atoms with Crippen molar-refractivity contribution in [2.24, 2.45) is 0 Å². The van der Waals surface area contributed by atoms with Gasteiger partial charge in [0.2, 0.25) is 0 Å². The molecule has 1 unspecified atom stereocenters. The van der Waals surface area contributed by atoms with E-state index in [1.165, 1.54) is 4.90 Å². The largest absolute Gasteiger partial charge is 0.507 e. The lowest BCUT2D eigenvalue weighted by Crippen LogP contribution is -2.35. The number of rotatable bonds is 7. The van der Waals surface area contributed by atoms with Crippen LogP contribution in [-0.2, 0) is 14.3 Å². The number of esters is 1. The molecule has 0 bridgehead atoms. The number of carbonyl (C=O) groups excluding carboxylic acids is 3. The molecule has 3 heterocycles. The number of aromatic nitrogens is 2. The van der Waals surface area contributed by atoms with Gasteiger partial charge in [-0.25, -0.2) is 4.79 Å². The Hall–Kier alpha value is -3.46. The van der Waals surface area contributed by atoms with Gasteiger partial charge in [0, 0.05) is 36.7 Å². The van der Waals surface area contributed by atoms with Gasteiger partial charge in [-0.15, -0.1) is 0 Å². The highest BCUT2D eigenvalue weighted by molar-refractivity contribution is 6.46. The summed E-state index contributed by atoms with van der Waals surface area (Å²) in [6, 6.07) is 2.67. The lowest BCUT2D eigenvalue weighted by Gasteiger charge is -2.26. The average Bonchev–Trinajstić information content (AvgIpc) is 3.19. The Morgan fingerprint density at radius 2 is 1.91 bits per heavy atom. The van der Waals surface area contributed by atoms with Gasteiger partial charge >= 0.3 is 5.97 Å². The van der Waals surface area contributed by atoms with E-state index in [-0.39, 0.29) is 23.6 Å². The van der Waals surface area contributed by atoms with Crippen LogP contribution in [0.5, 0.6) is 0 Å². The first-order chi connectivity index (χ1) is 15.2. The van der Waals surface area contributed by atoms with Crippen molar-refractivity contribution in [2.75, 3.05) is 33.8 Å². The van der Waals surface area contributed by atoms with Gasteiger partial charge in [0.25, 0.3) is 11.7 Å². The third kappa shape index (κ3) is 4.16. The van der Waals surface area contributed by atoms with Gasteiger partial charge in [-0.3, -0.25) is 14.6 Å². The number of nitrogens with zero attached hydrogens (tertiary/aromatic N) is 3. The van der Waals surface area contributed by atoms with Crippen LogP contribution in [0.4, 0.5) is 0 Å². The summed E-state index contributed by atoms with van der Waals surface area (Å²) in [5.41, 5.74) is 2.12. The minimum Gasteiger partial charge on any atom is -0.507 e. The molecule has 2 N–H and O–H groups in total. The zero-order valence-corrected chi connectivity index (χ0v) is 18.9. The van der Waals surface area contributed by atoms with Crippen LogP contribution < -0.4 is 0 Å². The molecule has 0 spiro atoms. The molecule has 0 aliphatic carbocycles. The number of likely N-dealkylation sites (N-methyl/N-ethyl adjacent to an activating group) is 1. The number of H-pyrrole nitrogens is 1. The van der Waals surface area contributed by atoms with Crippen LogP contribution >= 0.6 is 0 Å². The molecule has 1 amide bonds. The molecule has 1 aliphatic rings. The monoisotopic (exact) mass is 440 g/mol. The van der Waals surface area contributed by atoms with Gasteiger partial charge in [-0.05, 0) is 58.1 Å². The molecule has 1 saturated heterocycles. The maximum Gasteiger partial charge on any atom is 0.355 e. The molecule has 1 fully saturated rings. The number of nitrogens with one attached hydrogen (secondary N) is 1. The van der Waals surface area contributed by atoms with Crippen molar-refractivity contribution < 1.29 is 24.2 Å². The van der Waals surface area contributed by atoms with Gasteiger partial charge in [0.15, 0.2) is 0 Å². The fourth-order valence-corrected chi connectivity index (χ4v) is 3.96. The molecule has 0 saturated carbocycles. The molecule has 9 heteroatoms. The molecule has 1 atom stereocenters. The maximum atomic E-state index is 13.1. The quantitative estimate of drug-likeness (QED) is 0.293. The minimum atomic E-state index is -0.766. The van der Waals surface area contributed by atoms with E-state index in [0.29, 0.717) is 35.5 Å². The van der Waals surface area contributed by atoms with Gasteiger partial charge in [-0.2, -0.15) is 0 Å². The summed E-state index contributed by atoms with van der Waals surface area (Å²) in [6.45, 7) is 6.11. The number of pyridine rings is 1. The van der Waals surface area contributed by atoms with E-state index < -0.39 is 23.7 Å². The second kappa shape index (κ2) is 9.35. The Labute approximate surface area is 186 Å². The number of ketones is 1. The molecule has 0 aromatic carbocycles. The Morgan fingerprint density at radius 3 is 2.50 bits per heavy atom. The maximum absolute atomic E-state index is 13.1. The van der Waals surface area contributed by atoms with Crippen molar-refractivity contribution in [1.82, 2.24) is 19.8 Å². The second-order valence-electron chi connectivity index (χ2n) is 7.92. The third-order valence-corrected chi connectivity index (χ3v) is 5.50. The van der Waals surface area contributed by atoms with Crippen LogP contribution in [-0.4, -0.2) is 76.3 Å². The van der Waals surface area contributed by atoms with E-state index in [9.17, 15) is 19.5 Å². The topological polar surface area (TPSA) is 116 Å². The Morgan fingerprint density at radius 1 is 1.25 bits per heavy atom. The summed E-state index contributed by atoms with van der Waals surface area (Å²) in [6.07, 6.45) is 3.15. The fourth-order valence-electron chi connectivity index (χ4n) is 3.96. The van der Waals surface area contributed by atoms with Crippen molar-refractivity contribution in [3.05, 3.63) is 58.2 Å². The lowest BCUT2D eigenvalue weighted by atomic mass is 9.94. The van der Waals surface area contributed by atoms with E-state index >= 15 is 0 Å². The molecule has 32 heavy (non-hydrogen) atoms. The van der Waals surface area contributed by atoms with Crippen LogP contribution in [0.25, 0.3) is 5.76 Å². The van der Waals surface area contributed by atoms with Gasteiger partial charge in [0.05, 0.1) is 18.2 Å². The summed E-state index contributed by atoms with van der Waals surface area (Å²) in [5.74, 6) is -2.31. The van der Waals surface area contributed by atoms with Crippen molar-refractivity contribution in [1.29, 1.82) is 0 Å². The highest BCUT2D eigenvalue weighted by atomic mass is 16.5. The molecule has 2 aromatic rings. The summed E-state index contributed by atoms with van der Waals surface area (Å²) in [7, 11) is 3.75. The van der Waals surface area contributed by atoms with Crippen molar-refractivity contribution in [3.63, 3.8) is 0 Å². The smallest absolute Gasteiger partial charge is 0.355 e. The first-order valence-electron chi connectivity index (χ1n) is 10.4. The molecule has 9 nitrogen and oxygen atoms in total. The van der Waals surface area contributed by atoms with Crippen LogP contribution in [0.1, 0.15) is 45.8 Å². The number of hydrogen-bond acceptors (Lipinski definition) is 7. The zero-order valence-electron chi connectivity index (χ0n) is 18.9. The van der Waals surface area contributed by atoms with E-state index in [1.807, 2.05) is 19.0 Å². The third-order valence-electron chi connectivity index (χ3n) is 5.50. The molecule has 1 aliphatic heterocycles. The Bertz CT molecular complexity index is 1070. The molecule has 0 radical (unpaired) electrons. The number of aryl methyl sites for hydroxylation is 1. The van der Waals surface area contributed by atoms with Crippen molar-refractivity contribution >= 4 is 23.4 Å². The zero-order chi connectivity index (χ0) is 23.6. The van der Waals surface area contributed by atoms with Crippen LogP contribution in [0.3, 0.4) is 0 Å². The molecular weight excluding hydrogens is 412 g/mol. The molecule has 3 rings (SSSR count). The predicted molar refractivity (Wildman–Crippen MR) is 118 cm³/mol. The fraction of sp³-hybridized carbons (Fsp3) is 0.391. The second-order valence-corrected chi connectivity index (χ2v) is 7.92. The Balaban J connectivity index is 2.18. The highest BCUT2D eigenvalue weighted by Gasteiger charge is 2.46. The summed E-state index contributed by atoms with van der Waals surface area (Å²) >= 11 is 0. The van der Waals surface area contributed by atoms with Crippen LogP contribution in [0.2, 0.25) is 0 Å². The van der Waals surface area contributed by atoms with E-state index in [0.717, 1.165) is 0 Å². The van der Waals surface area contributed by atoms with Crippen molar-refractivity contribution in [2.45, 2.75) is 26.8 Å². The van der Waals surface area contributed by atoms with E-state index in [4.69, 9.17) is 4.74 Å². The van der Waals surface area contributed by atoms with Crippen LogP contribution in [0.15, 0.2) is 30.1 Å². The number of Topliss-reactive ketones (excluding diaryl/α,β-unsaturated/α-hetero) is 1. The van der Waals surface area contributed by atoms with E-state index in [2.05, 4.69) is 9.97 Å². The first kappa shape index (κ1) is 23.2. The number of amides is 1. The minimum absolute atomic E-state index is 0.0134. The summed E-state index contributed by atoms with van der Waals surface area (Å²) in [4.78, 5) is 48.6. The number of aliphatic hydroxyl groups is 1. The number of ether oxygens (including phenoxy) is 1. The Kier molecular flexibility index (Phi) is 6.78. The number of aliphatic hydroxyl groups excluding tert-OH is 1. The van der Waals surface area contributed by atoms with Gasteiger partial charge < -0.3 is 24.6 Å². The SMILES string of the molecule is CCOC(=O)c1[nH]c(C)c(C(O)=C2C(=O)C(=O)N(CCN(C)C)C2c2ccncc2)c1C. The van der Waals surface area contributed by atoms with E-state index in [1.54, 1.807) is 45.3 Å². The lowest BCUT2D eigenvalue weighted by molar-refractivity contribution is -0.140. The number of carbonyl (C=O) groups is 3. The molecular formula is C23H28N4O5. The number of likely N-dealkylation sites (tertiary alicyclic amines) is 1. The molecule has 170 valence electrons. The average molecular weight is 441 g/mol.